The summed E-state index contributed by atoms with van der Waals surface area (Å²) in [5.41, 5.74) is -0.461. The monoisotopic (exact) mass is 286 g/mol. The molecule has 1 atom stereocenters. The molecular weight excluding hydrogens is 268 g/mol. The van der Waals surface area contributed by atoms with Gasteiger partial charge in [-0.05, 0) is 24.6 Å². The second kappa shape index (κ2) is 7.33. The molecule has 2 amide bonds. The molecule has 0 radical (unpaired) electrons. The number of amides is 2. The maximum absolute atomic E-state index is 11.4. The molecule has 0 aliphatic heterocycles. The van der Waals surface area contributed by atoms with Crippen molar-refractivity contribution < 1.29 is 14.6 Å². The van der Waals surface area contributed by atoms with Gasteiger partial charge in [0.25, 0.3) is 0 Å². The van der Waals surface area contributed by atoms with Crippen molar-refractivity contribution in [3.05, 3.63) is 34.9 Å². The quantitative estimate of drug-likeness (QED) is 0.694. The average Bonchev–Trinajstić information content (AvgIpc) is 2.37. The van der Waals surface area contributed by atoms with E-state index in [0.717, 1.165) is 0 Å². The Bertz CT molecular complexity index is 407. The van der Waals surface area contributed by atoms with E-state index in [1.807, 2.05) is 0 Å². The first-order chi connectivity index (χ1) is 8.95. The van der Waals surface area contributed by atoms with E-state index in [1.165, 1.54) is 0 Å². The largest absolute Gasteiger partial charge is 0.384 e. The van der Waals surface area contributed by atoms with Crippen LogP contribution in [0.15, 0.2) is 24.3 Å². The predicted octanol–water partition coefficient (Wildman–Crippen LogP) is 1.49. The van der Waals surface area contributed by atoms with Crippen LogP contribution in [0.2, 0.25) is 5.02 Å². The predicted molar refractivity (Wildman–Crippen MR) is 74.3 cm³/mol. The number of nitrogens with one attached hydrogen (secondary N) is 2. The van der Waals surface area contributed by atoms with Gasteiger partial charge in [0.05, 0.1) is 13.2 Å². The highest BCUT2D eigenvalue weighted by Gasteiger charge is 2.23. The Kier molecular flexibility index (Phi) is 6.08. The average molecular weight is 287 g/mol. The summed E-state index contributed by atoms with van der Waals surface area (Å²) >= 11 is 5.79. The van der Waals surface area contributed by atoms with Crippen molar-refractivity contribution in [2.75, 3.05) is 26.8 Å². The Morgan fingerprint density at radius 3 is 2.58 bits per heavy atom. The molecule has 0 saturated heterocycles. The van der Waals surface area contributed by atoms with Crippen molar-refractivity contribution in [3.63, 3.8) is 0 Å². The first-order valence-electron chi connectivity index (χ1n) is 5.95. The van der Waals surface area contributed by atoms with Gasteiger partial charge in [-0.3, -0.25) is 0 Å². The van der Waals surface area contributed by atoms with Gasteiger partial charge in [0.2, 0.25) is 0 Å². The lowest BCUT2D eigenvalue weighted by molar-refractivity contribution is 0.0593. The molecule has 0 spiro atoms. The number of aliphatic hydroxyl groups is 1. The Morgan fingerprint density at radius 2 is 2.00 bits per heavy atom. The van der Waals surface area contributed by atoms with Gasteiger partial charge in [0.15, 0.2) is 0 Å². The van der Waals surface area contributed by atoms with E-state index in [2.05, 4.69) is 10.6 Å². The summed E-state index contributed by atoms with van der Waals surface area (Å²) in [5, 5.41) is 16.1. The fraction of sp³-hybridized carbons (Fsp3) is 0.462. The molecule has 0 aliphatic carbocycles. The number of rotatable bonds is 6. The summed E-state index contributed by atoms with van der Waals surface area (Å²) in [7, 11) is 1.56. The third-order valence-electron chi connectivity index (χ3n) is 2.65. The summed E-state index contributed by atoms with van der Waals surface area (Å²) in [6.45, 7) is 2.60. The van der Waals surface area contributed by atoms with Crippen molar-refractivity contribution in [1.29, 1.82) is 0 Å². The third-order valence-corrected chi connectivity index (χ3v) is 2.90. The fourth-order valence-corrected chi connectivity index (χ4v) is 1.62. The zero-order chi connectivity index (χ0) is 14.3. The molecule has 1 aromatic carbocycles. The number of halogens is 1. The van der Waals surface area contributed by atoms with Crippen LogP contribution in [0, 0.1) is 0 Å². The molecule has 5 nitrogen and oxygen atoms in total. The zero-order valence-electron chi connectivity index (χ0n) is 11.1. The second-order valence-electron chi connectivity index (χ2n) is 4.38. The lowest BCUT2D eigenvalue weighted by Gasteiger charge is -2.24. The minimum Gasteiger partial charge on any atom is -0.384 e. The summed E-state index contributed by atoms with van der Waals surface area (Å²) in [6.07, 6.45) is 0. The Labute approximate surface area is 117 Å². The van der Waals surface area contributed by atoms with Gasteiger partial charge < -0.3 is 20.5 Å². The van der Waals surface area contributed by atoms with Crippen LogP contribution in [0.25, 0.3) is 0 Å². The van der Waals surface area contributed by atoms with E-state index in [-0.39, 0.29) is 12.6 Å². The van der Waals surface area contributed by atoms with Gasteiger partial charge in [-0.25, -0.2) is 4.79 Å². The van der Waals surface area contributed by atoms with Gasteiger partial charge in [0.1, 0.15) is 5.60 Å². The highest BCUT2D eigenvalue weighted by atomic mass is 35.5. The van der Waals surface area contributed by atoms with E-state index in [9.17, 15) is 9.90 Å². The minimum absolute atomic E-state index is 0.105. The van der Waals surface area contributed by atoms with Crippen LogP contribution in [0.3, 0.4) is 0 Å². The van der Waals surface area contributed by atoms with Crippen LogP contribution in [0.5, 0.6) is 0 Å². The normalized spacial score (nSPS) is 13.7. The van der Waals surface area contributed by atoms with Gasteiger partial charge in [-0.1, -0.05) is 23.7 Å². The summed E-state index contributed by atoms with van der Waals surface area (Å²) < 4.78 is 4.81. The molecule has 1 unspecified atom stereocenters. The van der Waals surface area contributed by atoms with E-state index >= 15 is 0 Å². The summed E-state index contributed by atoms with van der Waals surface area (Å²) in [6, 6.07) is 6.51. The number of hydrogen-bond acceptors (Lipinski definition) is 3. The molecule has 19 heavy (non-hydrogen) atoms. The van der Waals surface area contributed by atoms with Crippen molar-refractivity contribution >= 4 is 17.6 Å². The topological polar surface area (TPSA) is 70.6 Å². The van der Waals surface area contributed by atoms with Crippen molar-refractivity contribution in [3.8, 4) is 0 Å². The van der Waals surface area contributed by atoms with Crippen molar-refractivity contribution in [1.82, 2.24) is 10.6 Å². The molecule has 106 valence electrons. The van der Waals surface area contributed by atoms with Crippen LogP contribution in [0.4, 0.5) is 4.79 Å². The SMILES string of the molecule is COCCNC(=O)NCC(C)(O)c1ccc(Cl)cc1. The number of benzene rings is 1. The molecule has 1 aromatic rings. The number of carbonyl (C=O) groups excluding carboxylic acids is 1. The van der Waals surface area contributed by atoms with Crippen molar-refractivity contribution in [2.24, 2.45) is 0 Å². The molecule has 1 rings (SSSR count). The molecular formula is C13H19ClN2O3. The molecule has 0 aromatic heterocycles. The van der Waals surface area contributed by atoms with Crippen LogP contribution < -0.4 is 10.6 Å². The van der Waals surface area contributed by atoms with Gasteiger partial charge >= 0.3 is 6.03 Å². The molecule has 3 N–H and O–H groups in total. The lowest BCUT2D eigenvalue weighted by atomic mass is 9.96. The second-order valence-corrected chi connectivity index (χ2v) is 4.82. The van der Waals surface area contributed by atoms with Crippen LogP contribution in [-0.2, 0) is 10.3 Å². The fourth-order valence-electron chi connectivity index (χ4n) is 1.49. The van der Waals surface area contributed by atoms with Gasteiger partial charge in [-0.2, -0.15) is 0 Å². The molecule has 0 saturated carbocycles. The van der Waals surface area contributed by atoms with E-state index < -0.39 is 5.60 Å². The van der Waals surface area contributed by atoms with Crippen LogP contribution in [0.1, 0.15) is 12.5 Å². The number of methoxy groups -OCH3 is 1. The molecule has 0 fully saturated rings. The summed E-state index contributed by atoms with van der Waals surface area (Å²) in [5.74, 6) is 0. The first kappa shape index (κ1) is 15.8. The van der Waals surface area contributed by atoms with E-state index in [1.54, 1.807) is 38.3 Å². The lowest BCUT2D eigenvalue weighted by Crippen LogP contribution is -2.44. The summed E-state index contributed by atoms with van der Waals surface area (Å²) in [4.78, 5) is 11.4. The Balaban J connectivity index is 2.46. The van der Waals surface area contributed by atoms with Crippen molar-refractivity contribution in [2.45, 2.75) is 12.5 Å². The molecule has 6 heteroatoms. The van der Waals surface area contributed by atoms with Gasteiger partial charge in [-0.15, -0.1) is 0 Å². The number of hydrogen-bond donors (Lipinski definition) is 3. The first-order valence-corrected chi connectivity index (χ1v) is 6.32. The maximum atomic E-state index is 11.4. The molecule has 0 bridgehead atoms. The standard InChI is InChI=1S/C13H19ClN2O3/c1-13(18,10-3-5-11(14)6-4-10)9-16-12(17)15-7-8-19-2/h3-6,18H,7-9H2,1-2H3,(H2,15,16,17). The number of ether oxygens (including phenoxy) is 1. The smallest absolute Gasteiger partial charge is 0.314 e. The van der Waals surface area contributed by atoms with E-state index in [4.69, 9.17) is 16.3 Å². The Hall–Kier alpha value is -1.30. The van der Waals surface area contributed by atoms with Crippen LogP contribution in [-0.4, -0.2) is 37.9 Å². The number of carbonyl (C=O) groups is 1. The van der Waals surface area contributed by atoms with Crippen LogP contribution >= 0.6 is 11.6 Å². The maximum Gasteiger partial charge on any atom is 0.314 e. The van der Waals surface area contributed by atoms with Gasteiger partial charge in [0, 0.05) is 18.7 Å². The Morgan fingerprint density at radius 1 is 1.37 bits per heavy atom. The minimum atomic E-state index is -1.15. The molecule has 0 heterocycles. The molecule has 0 aliphatic rings. The third kappa shape index (κ3) is 5.46. The number of urea groups is 1. The van der Waals surface area contributed by atoms with E-state index in [0.29, 0.717) is 23.7 Å². The highest BCUT2D eigenvalue weighted by molar-refractivity contribution is 6.30. The highest BCUT2D eigenvalue weighted by Crippen LogP contribution is 2.21. The zero-order valence-corrected chi connectivity index (χ0v) is 11.8.